The minimum Gasteiger partial charge on any atom is -0.496 e. The summed E-state index contributed by atoms with van der Waals surface area (Å²) in [5, 5.41) is 6.69. The van der Waals surface area contributed by atoms with E-state index in [-0.39, 0.29) is 0 Å². The Hall–Kier alpha value is -3.28. The zero-order valence-corrected chi connectivity index (χ0v) is 16.2. The van der Waals surface area contributed by atoms with Crippen molar-refractivity contribution in [1.82, 2.24) is 9.97 Å². The fourth-order valence-electron chi connectivity index (χ4n) is 2.75. The predicted molar refractivity (Wildman–Crippen MR) is 111 cm³/mol. The minimum absolute atomic E-state index is 0.622. The van der Waals surface area contributed by atoms with Gasteiger partial charge in [-0.25, -0.2) is 9.97 Å². The quantitative estimate of drug-likeness (QED) is 0.655. The van der Waals surface area contributed by atoms with E-state index in [0.717, 1.165) is 34.3 Å². The van der Waals surface area contributed by atoms with E-state index in [9.17, 15) is 0 Å². The Labute approximate surface area is 160 Å². The van der Waals surface area contributed by atoms with Crippen molar-refractivity contribution in [2.45, 2.75) is 13.5 Å². The van der Waals surface area contributed by atoms with Crippen LogP contribution in [0.3, 0.4) is 0 Å². The van der Waals surface area contributed by atoms with E-state index >= 15 is 0 Å². The Kier molecular flexibility index (Phi) is 5.76. The van der Waals surface area contributed by atoms with Crippen LogP contribution in [0.15, 0.2) is 54.6 Å². The van der Waals surface area contributed by atoms with Gasteiger partial charge >= 0.3 is 0 Å². The lowest BCUT2D eigenvalue weighted by Crippen LogP contribution is -2.08. The summed E-state index contributed by atoms with van der Waals surface area (Å²) in [6, 6.07) is 18.0. The second kappa shape index (κ2) is 8.40. The minimum atomic E-state index is 0.622. The number of para-hydroxylation sites is 1. The van der Waals surface area contributed by atoms with Crippen LogP contribution in [0.4, 0.5) is 23.0 Å². The SMILES string of the molecule is COc1ccccc1CNc1cc(Nc2ccc(N(C)C)cc2)nc(C)n1. The van der Waals surface area contributed by atoms with Crippen molar-refractivity contribution < 1.29 is 4.74 Å². The lowest BCUT2D eigenvalue weighted by atomic mass is 10.2. The molecule has 0 radical (unpaired) electrons. The van der Waals surface area contributed by atoms with Crippen molar-refractivity contribution in [2.24, 2.45) is 0 Å². The normalized spacial score (nSPS) is 10.4. The Balaban J connectivity index is 1.72. The van der Waals surface area contributed by atoms with Crippen molar-refractivity contribution in [2.75, 3.05) is 36.7 Å². The van der Waals surface area contributed by atoms with Crippen molar-refractivity contribution in [1.29, 1.82) is 0 Å². The van der Waals surface area contributed by atoms with Crippen molar-refractivity contribution >= 4 is 23.0 Å². The highest BCUT2D eigenvalue weighted by Crippen LogP contribution is 2.22. The van der Waals surface area contributed by atoms with Crippen LogP contribution in [0.2, 0.25) is 0 Å². The van der Waals surface area contributed by atoms with Gasteiger partial charge in [0.25, 0.3) is 0 Å². The van der Waals surface area contributed by atoms with Gasteiger partial charge in [-0.1, -0.05) is 18.2 Å². The van der Waals surface area contributed by atoms with E-state index in [1.807, 2.05) is 63.5 Å². The highest BCUT2D eigenvalue weighted by molar-refractivity contribution is 5.62. The fraction of sp³-hybridized carbons (Fsp3) is 0.238. The highest BCUT2D eigenvalue weighted by atomic mass is 16.5. The van der Waals surface area contributed by atoms with Crippen LogP contribution < -0.4 is 20.3 Å². The van der Waals surface area contributed by atoms with E-state index < -0.39 is 0 Å². The molecular formula is C21H25N5O. The molecule has 2 aromatic carbocycles. The van der Waals surface area contributed by atoms with E-state index in [4.69, 9.17) is 4.74 Å². The second-order valence-electron chi connectivity index (χ2n) is 6.42. The summed E-state index contributed by atoms with van der Waals surface area (Å²) >= 11 is 0. The average molecular weight is 363 g/mol. The predicted octanol–water partition coefficient (Wildman–Crippen LogP) is 4.22. The third kappa shape index (κ3) is 4.88. The van der Waals surface area contributed by atoms with Crippen molar-refractivity contribution in [3.8, 4) is 5.75 Å². The van der Waals surface area contributed by atoms with Gasteiger partial charge in [-0.15, -0.1) is 0 Å². The molecule has 6 heteroatoms. The molecular weight excluding hydrogens is 338 g/mol. The number of nitrogens with one attached hydrogen (secondary N) is 2. The van der Waals surface area contributed by atoms with Gasteiger partial charge in [0.15, 0.2) is 0 Å². The maximum absolute atomic E-state index is 5.40. The number of hydrogen-bond donors (Lipinski definition) is 2. The molecule has 0 saturated carbocycles. The average Bonchev–Trinajstić information content (AvgIpc) is 2.66. The Morgan fingerprint density at radius 2 is 1.67 bits per heavy atom. The summed E-state index contributed by atoms with van der Waals surface area (Å²) in [4.78, 5) is 11.0. The van der Waals surface area contributed by atoms with Gasteiger partial charge in [-0.3, -0.25) is 0 Å². The molecule has 0 aliphatic carbocycles. The largest absolute Gasteiger partial charge is 0.496 e. The number of nitrogens with zero attached hydrogens (tertiary/aromatic N) is 3. The third-order valence-electron chi connectivity index (χ3n) is 4.15. The molecule has 0 aliphatic rings. The molecule has 0 atom stereocenters. The van der Waals surface area contributed by atoms with Gasteiger partial charge in [0.05, 0.1) is 7.11 Å². The zero-order chi connectivity index (χ0) is 19.2. The summed E-state index contributed by atoms with van der Waals surface area (Å²) < 4.78 is 5.40. The van der Waals surface area contributed by atoms with Crippen LogP contribution in [-0.4, -0.2) is 31.2 Å². The van der Waals surface area contributed by atoms with Gasteiger partial charge < -0.3 is 20.3 Å². The maximum Gasteiger partial charge on any atom is 0.136 e. The number of ether oxygens (including phenoxy) is 1. The van der Waals surface area contributed by atoms with Gasteiger partial charge in [-0.05, 0) is 37.3 Å². The molecule has 140 valence electrons. The molecule has 6 nitrogen and oxygen atoms in total. The molecule has 3 rings (SSSR count). The summed E-state index contributed by atoms with van der Waals surface area (Å²) in [5.41, 5.74) is 3.21. The van der Waals surface area contributed by atoms with E-state index in [1.54, 1.807) is 7.11 Å². The van der Waals surface area contributed by atoms with Crippen LogP contribution in [0.25, 0.3) is 0 Å². The van der Waals surface area contributed by atoms with Crippen LogP contribution in [0, 0.1) is 6.92 Å². The summed E-state index contributed by atoms with van der Waals surface area (Å²) in [6.45, 7) is 2.51. The van der Waals surface area contributed by atoms with Gasteiger partial charge in [0.2, 0.25) is 0 Å². The van der Waals surface area contributed by atoms with Crippen molar-refractivity contribution in [3.63, 3.8) is 0 Å². The molecule has 0 bridgehead atoms. The number of aromatic nitrogens is 2. The van der Waals surface area contributed by atoms with Gasteiger partial charge in [0.1, 0.15) is 23.2 Å². The third-order valence-corrected chi connectivity index (χ3v) is 4.15. The number of aryl methyl sites for hydroxylation is 1. The summed E-state index contributed by atoms with van der Waals surface area (Å²) in [6.07, 6.45) is 0. The molecule has 0 spiro atoms. The standard InChI is InChI=1S/C21H25N5O/c1-15-23-20(22-14-16-7-5-6-8-19(16)27-4)13-21(24-15)25-17-9-11-18(12-10-17)26(2)3/h5-13H,14H2,1-4H3,(H2,22,23,24,25). The van der Waals surface area contributed by atoms with Gasteiger partial charge in [-0.2, -0.15) is 0 Å². The summed E-state index contributed by atoms with van der Waals surface area (Å²) in [5.74, 6) is 3.07. The molecule has 27 heavy (non-hydrogen) atoms. The first-order chi connectivity index (χ1) is 13.0. The second-order valence-corrected chi connectivity index (χ2v) is 6.42. The number of benzene rings is 2. The Morgan fingerprint density at radius 1 is 0.963 bits per heavy atom. The van der Waals surface area contributed by atoms with E-state index in [2.05, 4.69) is 37.6 Å². The molecule has 0 unspecified atom stereocenters. The lowest BCUT2D eigenvalue weighted by molar-refractivity contribution is 0.410. The molecule has 1 heterocycles. The van der Waals surface area contributed by atoms with Gasteiger partial charge in [0, 0.05) is 43.6 Å². The monoisotopic (exact) mass is 363 g/mol. The summed E-state index contributed by atoms with van der Waals surface area (Å²) in [7, 11) is 5.73. The number of anilines is 4. The zero-order valence-electron chi connectivity index (χ0n) is 16.2. The molecule has 0 amide bonds. The Morgan fingerprint density at radius 3 is 2.37 bits per heavy atom. The number of hydrogen-bond acceptors (Lipinski definition) is 6. The smallest absolute Gasteiger partial charge is 0.136 e. The van der Waals surface area contributed by atoms with Crippen molar-refractivity contribution in [3.05, 3.63) is 66.0 Å². The topological polar surface area (TPSA) is 62.3 Å². The fourth-order valence-corrected chi connectivity index (χ4v) is 2.75. The highest BCUT2D eigenvalue weighted by Gasteiger charge is 2.06. The Bertz CT molecular complexity index is 893. The molecule has 0 saturated heterocycles. The molecule has 0 aliphatic heterocycles. The van der Waals surface area contributed by atoms with Crippen LogP contribution >= 0.6 is 0 Å². The molecule has 1 aromatic heterocycles. The number of methoxy groups -OCH3 is 1. The van der Waals surface area contributed by atoms with E-state index in [1.165, 1.54) is 0 Å². The van der Waals surface area contributed by atoms with Crippen LogP contribution in [0.1, 0.15) is 11.4 Å². The molecule has 2 N–H and O–H groups in total. The lowest BCUT2D eigenvalue weighted by Gasteiger charge is -2.14. The first-order valence-corrected chi connectivity index (χ1v) is 8.81. The van der Waals surface area contributed by atoms with Crippen LogP contribution in [0.5, 0.6) is 5.75 Å². The van der Waals surface area contributed by atoms with Crippen LogP contribution in [-0.2, 0) is 6.54 Å². The first-order valence-electron chi connectivity index (χ1n) is 8.81. The van der Waals surface area contributed by atoms with E-state index in [0.29, 0.717) is 12.4 Å². The number of rotatable bonds is 7. The maximum atomic E-state index is 5.40. The molecule has 0 fully saturated rings. The molecule has 3 aromatic rings. The first kappa shape index (κ1) is 18.5.